The zero-order chi connectivity index (χ0) is 21.0. The van der Waals surface area contributed by atoms with Crippen molar-refractivity contribution in [3.8, 4) is 11.5 Å². The molecule has 0 radical (unpaired) electrons. The number of Topliss-reactive ketones (excluding diaryl/α,β-unsaturated/α-hetero) is 1. The van der Waals surface area contributed by atoms with Crippen LogP contribution in [0.3, 0.4) is 0 Å². The molecule has 0 saturated carbocycles. The van der Waals surface area contributed by atoms with Crippen molar-refractivity contribution < 1.29 is 19.1 Å². The van der Waals surface area contributed by atoms with Crippen LogP contribution < -0.4 is 4.74 Å². The van der Waals surface area contributed by atoms with Crippen molar-refractivity contribution in [1.29, 1.82) is 0 Å². The summed E-state index contributed by atoms with van der Waals surface area (Å²) in [5, 5.41) is 0. The van der Waals surface area contributed by atoms with E-state index in [2.05, 4.69) is 6.92 Å². The lowest BCUT2D eigenvalue weighted by Gasteiger charge is -2.35. The van der Waals surface area contributed by atoms with E-state index in [1.54, 1.807) is 0 Å². The van der Waals surface area contributed by atoms with Gasteiger partial charge >= 0.3 is 0 Å². The Balaban J connectivity index is 1.43. The Morgan fingerprint density at radius 1 is 1.07 bits per heavy atom. The number of benzene rings is 2. The predicted octanol–water partition coefficient (Wildman–Crippen LogP) is 4.72. The molecular weight excluding hydrogens is 378 g/mol. The van der Waals surface area contributed by atoms with E-state index < -0.39 is 0 Å². The summed E-state index contributed by atoms with van der Waals surface area (Å²) in [6, 6.07) is 16.9. The Bertz CT molecular complexity index is 880. The van der Waals surface area contributed by atoms with Gasteiger partial charge in [0.1, 0.15) is 17.3 Å². The molecule has 2 saturated heterocycles. The molecule has 2 aliphatic rings. The highest BCUT2D eigenvalue weighted by Gasteiger charge is 2.42. The number of ether oxygens (including phenoxy) is 2. The standard InChI is InChI=1S/C25H29NO4/c1-19-11-14-26(15-13-25(19)17-21(27)12-16-29-18-25)24(28)20-7-9-23(10-8-20)30-22-5-3-2-4-6-22/h2-10,19H,11-18H2,1H3. The van der Waals surface area contributed by atoms with Gasteiger partial charge in [-0.2, -0.15) is 0 Å². The SMILES string of the molecule is CC1CCN(C(=O)c2ccc(Oc3ccccc3)cc2)CCC12COCCC(=O)C2. The largest absolute Gasteiger partial charge is 0.457 e. The zero-order valence-corrected chi connectivity index (χ0v) is 17.5. The van der Waals surface area contributed by atoms with E-state index in [-0.39, 0.29) is 17.1 Å². The zero-order valence-electron chi connectivity index (χ0n) is 17.5. The molecule has 158 valence electrons. The summed E-state index contributed by atoms with van der Waals surface area (Å²) >= 11 is 0. The number of para-hydroxylation sites is 1. The van der Waals surface area contributed by atoms with E-state index in [1.165, 1.54) is 0 Å². The molecule has 30 heavy (non-hydrogen) atoms. The summed E-state index contributed by atoms with van der Waals surface area (Å²) in [6.07, 6.45) is 2.77. The quantitative estimate of drug-likeness (QED) is 0.739. The first kappa shape index (κ1) is 20.6. The van der Waals surface area contributed by atoms with Gasteiger partial charge < -0.3 is 14.4 Å². The molecule has 2 aromatic carbocycles. The first-order valence-corrected chi connectivity index (χ1v) is 10.8. The van der Waals surface area contributed by atoms with Crippen LogP contribution in [0.15, 0.2) is 54.6 Å². The maximum atomic E-state index is 13.1. The van der Waals surface area contributed by atoms with Gasteiger partial charge in [0.15, 0.2) is 0 Å². The second-order valence-electron chi connectivity index (χ2n) is 8.55. The van der Waals surface area contributed by atoms with Gasteiger partial charge in [-0.15, -0.1) is 0 Å². The van der Waals surface area contributed by atoms with Crippen molar-refractivity contribution in [3.63, 3.8) is 0 Å². The van der Waals surface area contributed by atoms with Crippen LogP contribution in [0.1, 0.15) is 43.0 Å². The van der Waals surface area contributed by atoms with Crippen molar-refractivity contribution >= 4 is 11.7 Å². The van der Waals surface area contributed by atoms with Gasteiger partial charge in [-0.3, -0.25) is 9.59 Å². The molecule has 0 bridgehead atoms. The lowest BCUT2D eigenvalue weighted by atomic mass is 9.70. The number of amides is 1. The van der Waals surface area contributed by atoms with Crippen LogP contribution in [-0.2, 0) is 9.53 Å². The highest BCUT2D eigenvalue weighted by molar-refractivity contribution is 5.94. The monoisotopic (exact) mass is 407 g/mol. The van der Waals surface area contributed by atoms with Crippen LogP contribution in [0, 0.1) is 11.3 Å². The molecule has 4 rings (SSSR count). The average Bonchev–Trinajstić information content (AvgIpc) is 3.05. The molecule has 1 spiro atoms. The topological polar surface area (TPSA) is 55.8 Å². The van der Waals surface area contributed by atoms with Crippen molar-refractivity contribution in [2.45, 2.75) is 32.6 Å². The first-order valence-electron chi connectivity index (χ1n) is 10.8. The maximum absolute atomic E-state index is 13.1. The number of nitrogens with zero attached hydrogens (tertiary/aromatic N) is 1. The summed E-state index contributed by atoms with van der Waals surface area (Å²) in [6.45, 7) is 4.70. The molecular formula is C25H29NO4. The number of hydrogen-bond donors (Lipinski definition) is 0. The highest BCUT2D eigenvalue weighted by Crippen LogP contribution is 2.42. The van der Waals surface area contributed by atoms with E-state index in [1.807, 2.05) is 59.5 Å². The molecule has 0 aliphatic carbocycles. The fourth-order valence-electron chi connectivity index (χ4n) is 4.52. The van der Waals surface area contributed by atoms with Crippen LogP contribution >= 0.6 is 0 Å². The Kier molecular flexibility index (Phi) is 6.18. The third-order valence-corrected chi connectivity index (χ3v) is 6.59. The molecule has 2 aliphatic heterocycles. The van der Waals surface area contributed by atoms with E-state index in [0.717, 1.165) is 18.6 Å². The molecule has 5 heteroatoms. The predicted molar refractivity (Wildman–Crippen MR) is 115 cm³/mol. The fourth-order valence-corrected chi connectivity index (χ4v) is 4.52. The van der Waals surface area contributed by atoms with Crippen molar-refractivity contribution in [2.24, 2.45) is 11.3 Å². The number of hydrogen-bond acceptors (Lipinski definition) is 4. The Labute approximate surface area is 178 Å². The number of carbonyl (C=O) groups is 2. The van der Waals surface area contributed by atoms with Crippen LogP contribution in [0.2, 0.25) is 0 Å². The number of carbonyl (C=O) groups excluding carboxylic acids is 2. The Morgan fingerprint density at radius 2 is 1.80 bits per heavy atom. The van der Waals surface area contributed by atoms with Gasteiger partial charge in [-0.1, -0.05) is 25.1 Å². The van der Waals surface area contributed by atoms with Crippen molar-refractivity contribution in [3.05, 3.63) is 60.2 Å². The number of ketones is 1. The van der Waals surface area contributed by atoms with E-state index in [9.17, 15) is 9.59 Å². The first-order chi connectivity index (χ1) is 14.6. The highest BCUT2D eigenvalue weighted by atomic mass is 16.5. The summed E-state index contributed by atoms with van der Waals surface area (Å²) in [4.78, 5) is 27.3. The maximum Gasteiger partial charge on any atom is 0.253 e. The third-order valence-electron chi connectivity index (χ3n) is 6.59. The minimum atomic E-state index is -0.143. The van der Waals surface area contributed by atoms with Gasteiger partial charge in [-0.25, -0.2) is 0 Å². The van der Waals surface area contributed by atoms with E-state index in [0.29, 0.717) is 56.4 Å². The van der Waals surface area contributed by atoms with Crippen LogP contribution in [0.5, 0.6) is 11.5 Å². The average molecular weight is 408 g/mol. The van der Waals surface area contributed by atoms with Crippen LogP contribution in [0.4, 0.5) is 0 Å². The molecule has 2 unspecified atom stereocenters. The van der Waals surface area contributed by atoms with Crippen molar-refractivity contribution in [2.75, 3.05) is 26.3 Å². The lowest BCUT2D eigenvalue weighted by molar-refractivity contribution is -0.121. The third kappa shape index (κ3) is 4.57. The summed E-state index contributed by atoms with van der Waals surface area (Å²) in [5.41, 5.74) is 0.517. The molecule has 2 heterocycles. The molecule has 1 amide bonds. The summed E-state index contributed by atoms with van der Waals surface area (Å²) < 4.78 is 11.6. The van der Waals surface area contributed by atoms with Gasteiger partial charge in [-0.05, 0) is 55.2 Å². The summed E-state index contributed by atoms with van der Waals surface area (Å²) in [5.74, 6) is 2.14. The van der Waals surface area contributed by atoms with E-state index >= 15 is 0 Å². The lowest BCUT2D eigenvalue weighted by Crippen LogP contribution is -2.36. The van der Waals surface area contributed by atoms with Crippen LogP contribution in [-0.4, -0.2) is 42.9 Å². The van der Waals surface area contributed by atoms with Gasteiger partial charge in [0.25, 0.3) is 5.91 Å². The molecule has 0 N–H and O–H groups in total. The molecule has 5 nitrogen and oxygen atoms in total. The molecule has 2 fully saturated rings. The van der Waals surface area contributed by atoms with Gasteiger partial charge in [0.2, 0.25) is 0 Å². The number of likely N-dealkylation sites (tertiary alicyclic amines) is 1. The minimum absolute atomic E-state index is 0.0337. The molecule has 2 atom stereocenters. The summed E-state index contributed by atoms with van der Waals surface area (Å²) in [7, 11) is 0. The van der Waals surface area contributed by atoms with Crippen LogP contribution in [0.25, 0.3) is 0 Å². The Morgan fingerprint density at radius 3 is 2.57 bits per heavy atom. The second kappa shape index (κ2) is 9.00. The fraction of sp³-hybridized carbons (Fsp3) is 0.440. The smallest absolute Gasteiger partial charge is 0.253 e. The van der Waals surface area contributed by atoms with Gasteiger partial charge in [0.05, 0.1) is 13.2 Å². The number of rotatable bonds is 3. The van der Waals surface area contributed by atoms with Gasteiger partial charge in [0, 0.05) is 36.9 Å². The Hall–Kier alpha value is -2.66. The van der Waals surface area contributed by atoms with Crippen molar-refractivity contribution in [1.82, 2.24) is 4.90 Å². The minimum Gasteiger partial charge on any atom is -0.457 e. The second-order valence-corrected chi connectivity index (χ2v) is 8.55. The van der Waals surface area contributed by atoms with E-state index in [4.69, 9.17) is 9.47 Å². The molecule has 2 aromatic rings. The normalized spacial score (nSPS) is 24.9. The molecule has 0 aromatic heterocycles.